The molecule has 0 N–H and O–H groups in total. The highest BCUT2D eigenvalue weighted by Gasteiger charge is 2.67. The average molecular weight is 629 g/mol. The molecule has 0 saturated carbocycles. The van der Waals surface area contributed by atoms with Crippen molar-refractivity contribution in [3.63, 3.8) is 0 Å². The molecular formula is C30H44N4O7Si2. The Balaban J connectivity index is 1.65. The lowest BCUT2D eigenvalue weighted by atomic mass is 9.88. The van der Waals surface area contributed by atoms with Gasteiger partial charge in [0.1, 0.15) is 12.2 Å². The van der Waals surface area contributed by atoms with Crippen molar-refractivity contribution in [2.45, 2.75) is 108 Å². The maximum Gasteiger partial charge on any atom is 0.340 e. The monoisotopic (exact) mass is 628 g/mol. The van der Waals surface area contributed by atoms with Crippen LogP contribution in [0.4, 0.5) is 0 Å². The Hall–Kier alpha value is -2.56. The summed E-state index contributed by atoms with van der Waals surface area (Å²) in [5.74, 6) is -0.709. The van der Waals surface area contributed by atoms with Crippen molar-refractivity contribution in [1.82, 2.24) is 9.13 Å². The molecule has 0 amide bonds. The van der Waals surface area contributed by atoms with Gasteiger partial charge in [-0.1, -0.05) is 73.6 Å². The highest BCUT2D eigenvalue weighted by atomic mass is 28.5. The van der Waals surface area contributed by atoms with E-state index in [0.29, 0.717) is 17.5 Å². The second-order valence-electron chi connectivity index (χ2n) is 13.1. The SMILES string of the molecule is CC(C)[Si]1(C(C)C)OC[C@H]2O[C@@H](n3ccc(=O)n(C(=O)c4ccccc4)c3=O)C3(CCN=N3)[C@@H]2O[Si](C(C)C)(C(C)C)O1. The van der Waals surface area contributed by atoms with Gasteiger partial charge in [-0.05, 0) is 34.3 Å². The number of fused-ring (bicyclic) bond motifs is 2. The van der Waals surface area contributed by atoms with E-state index < -0.39 is 58.3 Å². The molecule has 11 nitrogen and oxygen atoms in total. The maximum absolute atomic E-state index is 14.0. The van der Waals surface area contributed by atoms with Crippen molar-refractivity contribution in [2.24, 2.45) is 10.2 Å². The Morgan fingerprint density at radius 1 is 0.930 bits per heavy atom. The summed E-state index contributed by atoms with van der Waals surface area (Å²) in [4.78, 5) is 40.2. The first-order chi connectivity index (χ1) is 20.3. The van der Waals surface area contributed by atoms with Gasteiger partial charge in [0.15, 0.2) is 11.8 Å². The molecule has 1 aromatic heterocycles. The summed E-state index contributed by atoms with van der Waals surface area (Å²) in [7, 11) is -5.86. The average Bonchev–Trinajstić information content (AvgIpc) is 3.54. The van der Waals surface area contributed by atoms with Crippen molar-refractivity contribution < 1.29 is 22.5 Å². The molecule has 3 aliphatic rings. The number of carbonyl (C=O) groups is 1. The minimum Gasteiger partial charge on any atom is -0.414 e. The second-order valence-corrected chi connectivity index (χ2v) is 21.9. The summed E-state index contributed by atoms with van der Waals surface area (Å²) in [5.41, 5.74) is -1.88. The zero-order valence-electron chi connectivity index (χ0n) is 26.4. The van der Waals surface area contributed by atoms with Crippen LogP contribution >= 0.6 is 0 Å². The number of rotatable bonds is 6. The van der Waals surface area contributed by atoms with Crippen molar-refractivity contribution in [3.05, 3.63) is 69.0 Å². The van der Waals surface area contributed by atoms with Gasteiger partial charge in [-0.15, -0.1) is 0 Å². The van der Waals surface area contributed by atoms with E-state index in [0.717, 1.165) is 0 Å². The molecule has 13 heteroatoms. The van der Waals surface area contributed by atoms with Crippen LogP contribution in [-0.2, 0) is 17.7 Å². The van der Waals surface area contributed by atoms with Gasteiger partial charge in [0.05, 0.1) is 13.2 Å². The minimum atomic E-state index is -3.03. The van der Waals surface area contributed by atoms with Crippen LogP contribution in [0.1, 0.15) is 78.4 Å². The topological polar surface area (TPSA) is 123 Å². The first-order valence-electron chi connectivity index (χ1n) is 15.3. The van der Waals surface area contributed by atoms with Crippen LogP contribution in [0.2, 0.25) is 22.2 Å². The van der Waals surface area contributed by atoms with E-state index in [1.807, 2.05) is 0 Å². The van der Waals surface area contributed by atoms with Gasteiger partial charge in [0.2, 0.25) is 0 Å². The summed E-state index contributed by atoms with van der Waals surface area (Å²) >= 11 is 0. The van der Waals surface area contributed by atoms with Gasteiger partial charge >= 0.3 is 22.8 Å². The molecule has 234 valence electrons. The van der Waals surface area contributed by atoms with E-state index in [9.17, 15) is 14.4 Å². The molecule has 0 radical (unpaired) electrons. The minimum absolute atomic E-state index is 0.0850. The molecular weight excluding hydrogens is 585 g/mol. The van der Waals surface area contributed by atoms with E-state index in [1.54, 1.807) is 30.3 Å². The third-order valence-corrected chi connectivity index (χ3v) is 19.5. The lowest BCUT2D eigenvalue weighted by Gasteiger charge is -2.52. The number of hydrogen-bond acceptors (Lipinski definition) is 9. The third-order valence-electron chi connectivity index (χ3n) is 9.24. The van der Waals surface area contributed by atoms with E-state index >= 15 is 0 Å². The predicted octanol–water partition coefficient (Wildman–Crippen LogP) is 5.15. The number of hydrogen-bond donors (Lipinski definition) is 0. The molecule has 4 atom stereocenters. The van der Waals surface area contributed by atoms with Crippen molar-refractivity contribution in [3.8, 4) is 0 Å². The molecule has 4 heterocycles. The Bertz CT molecular complexity index is 1470. The molecule has 5 rings (SSSR count). The molecule has 2 fully saturated rings. The van der Waals surface area contributed by atoms with Gasteiger partial charge in [0, 0.05) is 24.2 Å². The first-order valence-corrected chi connectivity index (χ1v) is 19.2. The summed E-state index contributed by atoms with van der Waals surface area (Å²) in [6.07, 6.45) is -0.305. The Kier molecular flexibility index (Phi) is 8.70. The molecule has 2 saturated heterocycles. The summed E-state index contributed by atoms with van der Waals surface area (Å²) in [6, 6.07) is 9.47. The van der Waals surface area contributed by atoms with Crippen LogP contribution in [-0.4, -0.2) is 63.1 Å². The van der Waals surface area contributed by atoms with Crippen LogP contribution in [0.5, 0.6) is 0 Å². The van der Waals surface area contributed by atoms with Crippen LogP contribution in [0.15, 0.2) is 62.4 Å². The fraction of sp³-hybridized carbons (Fsp3) is 0.633. The number of nitrogens with zero attached hydrogens (tertiary/aromatic N) is 4. The standard InChI is InChI=1S/C30H44N4O7Si2/c1-19(2)42(20(3)4)38-18-24-26(40-43(41-42,21(5)6)22(7)8)30(15-16-31-32-30)28(39-24)33-17-14-25(35)34(29(33)37)27(36)23-12-10-9-11-13-23/h9-14,17,19-22,24,26,28H,15-16,18H2,1-8H3/t24-,26-,28-,30?/m1/s1. The highest BCUT2D eigenvalue weighted by Crippen LogP contribution is 2.53. The number of azo groups is 1. The Morgan fingerprint density at radius 2 is 1.56 bits per heavy atom. The molecule has 0 bridgehead atoms. The fourth-order valence-electron chi connectivity index (χ4n) is 6.95. The highest BCUT2D eigenvalue weighted by molar-refractivity contribution is 6.84. The predicted molar refractivity (Wildman–Crippen MR) is 166 cm³/mol. The molecule has 43 heavy (non-hydrogen) atoms. The fourth-order valence-corrected chi connectivity index (χ4v) is 18.2. The van der Waals surface area contributed by atoms with Crippen LogP contribution in [0.3, 0.4) is 0 Å². The Labute approximate surface area is 254 Å². The largest absolute Gasteiger partial charge is 0.414 e. The summed E-state index contributed by atoms with van der Waals surface area (Å²) in [5, 5.41) is 9.10. The van der Waals surface area contributed by atoms with E-state index in [4.69, 9.17) is 22.8 Å². The molecule has 2 aromatic rings. The van der Waals surface area contributed by atoms with E-state index in [2.05, 4.69) is 60.5 Å². The lowest BCUT2D eigenvalue weighted by Crippen LogP contribution is -2.66. The molecule has 3 aliphatic heterocycles. The first kappa shape index (κ1) is 31.9. The second kappa shape index (κ2) is 11.7. The molecule has 1 spiro atoms. The van der Waals surface area contributed by atoms with Crippen LogP contribution in [0.25, 0.3) is 0 Å². The number of aromatic nitrogens is 2. The number of benzene rings is 1. The molecule has 0 aliphatic carbocycles. The van der Waals surface area contributed by atoms with Gasteiger partial charge in [-0.2, -0.15) is 14.8 Å². The molecule has 1 aromatic carbocycles. The van der Waals surface area contributed by atoms with Crippen molar-refractivity contribution in [2.75, 3.05) is 13.2 Å². The van der Waals surface area contributed by atoms with Crippen LogP contribution < -0.4 is 11.2 Å². The van der Waals surface area contributed by atoms with Crippen LogP contribution in [0, 0.1) is 0 Å². The zero-order valence-corrected chi connectivity index (χ0v) is 28.4. The smallest absolute Gasteiger partial charge is 0.340 e. The van der Waals surface area contributed by atoms with Gasteiger partial charge in [-0.3, -0.25) is 14.2 Å². The summed E-state index contributed by atoms with van der Waals surface area (Å²) in [6.45, 7) is 17.8. The zero-order chi connectivity index (χ0) is 31.3. The van der Waals surface area contributed by atoms with E-state index in [1.165, 1.54) is 16.8 Å². The molecule has 1 unspecified atom stereocenters. The number of carbonyl (C=O) groups excluding carboxylic acids is 1. The van der Waals surface area contributed by atoms with E-state index in [-0.39, 0.29) is 34.3 Å². The van der Waals surface area contributed by atoms with Crippen molar-refractivity contribution in [1.29, 1.82) is 0 Å². The normalized spacial score (nSPS) is 28.1. The van der Waals surface area contributed by atoms with Gasteiger partial charge in [-0.25, -0.2) is 4.79 Å². The van der Waals surface area contributed by atoms with Gasteiger partial charge in [0.25, 0.3) is 11.5 Å². The lowest BCUT2D eigenvalue weighted by molar-refractivity contribution is -0.0580. The van der Waals surface area contributed by atoms with Gasteiger partial charge < -0.3 is 17.7 Å². The summed E-state index contributed by atoms with van der Waals surface area (Å²) < 4.78 is 30.2. The third kappa shape index (κ3) is 5.07. The quantitative estimate of drug-likeness (QED) is 0.406. The maximum atomic E-state index is 14.0. The number of ether oxygens (including phenoxy) is 1. The Morgan fingerprint density at radius 3 is 2.12 bits per heavy atom. The van der Waals surface area contributed by atoms with Crippen molar-refractivity contribution >= 4 is 23.0 Å².